The summed E-state index contributed by atoms with van der Waals surface area (Å²) in [4.78, 5) is 45.8. The van der Waals surface area contributed by atoms with E-state index in [1.54, 1.807) is 4.90 Å². The molecule has 3 aliphatic rings. The monoisotopic (exact) mass is 558 g/mol. The van der Waals surface area contributed by atoms with Gasteiger partial charge in [-0.1, -0.05) is 60.7 Å². The van der Waals surface area contributed by atoms with Gasteiger partial charge in [0.1, 0.15) is 18.9 Å². The summed E-state index contributed by atoms with van der Waals surface area (Å²) < 4.78 is 6.12. The zero-order valence-corrected chi connectivity index (χ0v) is 23.9. The van der Waals surface area contributed by atoms with Crippen LogP contribution in [0.25, 0.3) is 0 Å². The number of rotatable bonds is 7. The van der Waals surface area contributed by atoms with E-state index in [1.807, 2.05) is 65.6 Å². The third-order valence-electron chi connectivity index (χ3n) is 8.48. The molecule has 3 amide bonds. The van der Waals surface area contributed by atoms with Crippen molar-refractivity contribution < 1.29 is 19.1 Å². The molecule has 1 N–H and O–H groups in total. The van der Waals surface area contributed by atoms with Crippen LogP contribution >= 0.6 is 0 Å². The molecule has 2 aromatic rings. The van der Waals surface area contributed by atoms with Crippen molar-refractivity contribution in [2.75, 3.05) is 52.4 Å². The Morgan fingerprint density at radius 1 is 0.951 bits per heavy atom. The molecule has 3 heterocycles. The van der Waals surface area contributed by atoms with Crippen molar-refractivity contribution in [1.29, 1.82) is 0 Å². The van der Waals surface area contributed by atoms with Gasteiger partial charge in [-0.15, -0.1) is 0 Å². The number of carbonyl (C=O) groups excluding carboxylic acids is 3. The zero-order chi connectivity index (χ0) is 28.4. The highest BCUT2D eigenvalue weighted by atomic mass is 16.5. The van der Waals surface area contributed by atoms with Crippen LogP contribution in [0.4, 0.5) is 0 Å². The second-order valence-electron chi connectivity index (χ2n) is 11.4. The van der Waals surface area contributed by atoms with Crippen molar-refractivity contribution in [2.45, 2.75) is 38.6 Å². The molecule has 2 atom stereocenters. The summed E-state index contributed by atoms with van der Waals surface area (Å²) in [5.74, 6) is 0.826. The van der Waals surface area contributed by atoms with Crippen molar-refractivity contribution >= 4 is 17.7 Å². The maximum absolute atomic E-state index is 13.6. The molecule has 0 radical (unpaired) electrons. The van der Waals surface area contributed by atoms with Crippen molar-refractivity contribution in [2.24, 2.45) is 11.8 Å². The van der Waals surface area contributed by atoms with E-state index in [9.17, 15) is 14.4 Å². The zero-order valence-electron chi connectivity index (χ0n) is 23.9. The number of hydrogen-bond donors (Lipinski definition) is 1. The number of benzene rings is 2. The summed E-state index contributed by atoms with van der Waals surface area (Å²) in [5.41, 5.74) is 1.79. The van der Waals surface area contributed by atoms with Crippen LogP contribution in [-0.4, -0.2) is 84.8 Å². The van der Waals surface area contributed by atoms with Gasteiger partial charge in [-0.2, -0.15) is 0 Å². The van der Waals surface area contributed by atoms with Gasteiger partial charge in [0.15, 0.2) is 0 Å². The fourth-order valence-electron chi connectivity index (χ4n) is 6.13. The van der Waals surface area contributed by atoms with Crippen LogP contribution in [0.5, 0.6) is 5.75 Å². The number of piperidine rings is 1. The molecular formula is C33H42N4O4. The highest BCUT2D eigenvalue weighted by molar-refractivity contribution is 5.86. The van der Waals surface area contributed by atoms with Gasteiger partial charge >= 0.3 is 0 Å². The summed E-state index contributed by atoms with van der Waals surface area (Å²) in [6, 6.07) is 17.3. The van der Waals surface area contributed by atoms with Gasteiger partial charge in [0.25, 0.3) is 0 Å². The molecule has 2 aromatic carbocycles. The van der Waals surface area contributed by atoms with Crippen molar-refractivity contribution in [3.63, 3.8) is 0 Å². The van der Waals surface area contributed by atoms with Gasteiger partial charge in [-0.25, -0.2) is 0 Å². The molecule has 8 heteroatoms. The lowest BCUT2D eigenvalue weighted by atomic mass is 9.82. The number of ether oxygens (including phenoxy) is 1. The van der Waals surface area contributed by atoms with Gasteiger partial charge in [0.05, 0.1) is 6.42 Å². The minimum atomic E-state index is -0.0932. The molecule has 218 valence electrons. The smallest absolute Gasteiger partial charge is 0.242 e. The van der Waals surface area contributed by atoms with E-state index in [1.165, 1.54) is 12.8 Å². The Kier molecular flexibility index (Phi) is 10.1. The highest BCUT2D eigenvalue weighted by Crippen LogP contribution is 2.29. The lowest BCUT2D eigenvalue weighted by molar-refractivity contribution is -0.142. The molecule has 2 fully saturated rings. The highest BCUT2D eigenvalue weighted by Gasteiger charge is 2.33. The molecule has 8 nitrogen and oxygen atoms in total. The van der Waals surface area contributed by atoms with E-state index in [0.29, 0.717) is 45.0 Å². The van der Waals surface area contributed by atoms with E-state index in [-0.39, 0.29) is 42.5 Å². The second kappa shape index (κ2) is 14.3. The van der Waals surface area contributed by atoms with Crippen LogP contribution in [0.3, 0.4) is 0 Å². The number of fused-ring (bicyclic) bond motifs is 3. The van der Waals surface area contributed by atoms with Gasteiger partial charge < -0.3 is 24.8 Å². The van der Waals surface area contributed by atoms with Crippen LogP contribution in [-0.2, 0) is 27.3 Å². The Labute approximate surface area is 243 Å². The molecule has 3 aliphatic heterocycles. The molecule has 0 spiro atoms. The first-order valence-electron chi connectivity index (χ1n) is 15.0. The fraction of sp³-hybridized carbons (Fsp3) is 0.485. The van der Waals surface area contributed by atoms with E-state index in [0.717, 1.165) is 37.2 Å². The fourth-order valence-corrected chi connectivity index (χ4v) is 6.13. The first kappa shape index (κ1) is 28.9. The van der Waals surface area contributed by atoms with Crippen LogP contribution < -0.4 is 10.1 Å². The normalized spacial score (nSPS) is 21.7. The molecule has 5 rings (SSSR count). The molecular weight excluding hydrogens is 516 g/mol. The maximum atomic E-state index is 13.6. The number of nitrogens with one attached hydrogen (secondary N) is 1. The number of para-hydroxylation sites is 1. The summed E-state index contributed by atoms with van der Waals surface area (Å²) >= 11 is 0. The van der Waals surface area contributed by atoms with E-state index in [4.69, 9.17) is 4.74 Å². The standard InChI is InChI=1S/C33H42N4O4/c38-31(34-15-19-35-16-6-7-17-35)22-27-14-18-36-23-28(27)12-8-20-41-30-13-5-4-11-29(30)24-37(25-33(36)40)32(39)21-26-9-2-1-3-10-26/h1-5,8-13,27-28H,6-7,14-25H2,(H,34,38)/t27-,28-/m0/s1. The predicted octanol–water partition coefficient (Wildman–Crippen LogP) is 3.27. The van der Waals surface area contributed by atoms with Crippen molar-refractivity contribution in [1.82, 2.24) is 20.0 Å². The Balaban J connectivity index is 1.27. The van der Waals surface area contributed by atoms with Gasteiger partial charge in [-0.05, 0) is 55.8 Å². The third-order valence-corrected chi connectivity index (χ3v) is 8.48. The number of amides is 3. The Bertz CT molecular complexity index is 1210. The summed E-state index contributed by atoms with van der Waals surface area (Å²) in [6.07, 6.45) is 8.03. The number of hydrogen-bond acceptors (Lipinski definition) is 5. The topological polar surface area (TPSA) is 82.2 Å². The molecule has 41 heavy (non-hydrogen) atoms. The summed E-state index contributed by atoms with van der Waals surface area (Å²) in [5, 5.41) is 3.11. The quantitative estimate of drug-likeness (QED) is 0.528. The van der Waals surface area contributed by atoms with E-state index in [2.05, 4.69) is 16.3 Å². The van der Waals surface area contributed by atoms with E-state index >= 15 is 0 Å². The Morgan fingerprint density at radius 3 is 2.56 bits per heavy atom. The van der Waals surface area contributed by atoms with Crippen LogP contribution in [0.2, 0.25) is 0 Å². The Hall–Kier alpha value is -3.65. The molecule has 0 aromatic heterocycles. The van der Waals surface area contributed by atoms with Crippen LogP contribution in [0.1, 0.15) is 36.8 Å². The van der Waals surface area contributed by atoms with Crippen LogP contribution in [0.15, 0.2) is 66.7 Å². The Morgan fingerprint density at radius 2 is 1.73 bits per heavy atom. The van der Waals surface area contributed by atoms with Gasteiger partial charge in [-0.3, -0.25) is 14.4 Å². The van der Waals surface area contributed by atoms with E-state index < -0.39 is 0 Å². The third kappa shape index (κ3) is 8.19. The van der Waals surface area contributed by atoms with Gasteiger partial charge in [0, 0.05) is 44.7 Å². The average molecular weight is 559 g/mol. The van der Waals surface area contributed by atoms with Crippen LogP contribution in [0, 0.1) is 11.8 Å². The van der Waals surface area contributed by atoms with Crippen molar-refractivity contribution in [3.8, 4) is 5.75 Å². The number of carbonyl (C=O) groups is 3. The summed E-state index contributed by atoms with van der Waals surface area (Å²) in [6.45, 7) is 5.64. The first-order chi connectivity index (χ1) is 20.0. The van der Waals surface area contributed by atoms with Crippen molar-refractivity contribution in [3.05, 3.63) is 77.9 Å². The number of likely N-dealkylation sites (tertiary alicyclic amines) is 1. The molecule has 0 saturated carbocycles. The molecule has 0 unspecified atom stereocenters. The largest absolute Gasteiger partial charge is 0.489 e. The predicted molar refractivity (Wildman–Crippen MR) is 158 cm³/mol. The average Bonchev–Trinajstić information content (AvgIpc) is 3.50. The molecule has 0 aliphatic carbocycles. The second-order valence-corrected chi connectivity index (χ2v) is 11.4. The minimum Gasteiger partial charge on any atom is -0.489 e. The summed E-state index contributed by atoms with van der Waals surface area (Å²) in [7, 11) is 0. The number of nitrogens with zero attached hydrogens (tertiary/aromatic N) is 3. The SMILES string of the molecule is O=C(C[C@@H]1CCN2C[C@@H]1C=CCOc1ccccc1CN(C(=O)Cc1ccccc1)CC2=O)NCCN1CCCC1. The minimum absolute atomic E-state index is 0.0120. The lowest BCUT2D eigenvalue weighted by Gasteiger charge is -2.38. The molecule has 2 bridgehead atoms. The first-order valence-corrected chi connectivity index (χ1v) is 15.0. The maximum Gasteiger partial charge on any atom is 0.242 e. The van der Waals surface area contributed by atoms with Gasteiger partial charge in [0.2, 0.25) is 17.7 Å². The molecule has 2 saturated heterocycles. The lowest BCUT2D eigenvalue weighted by Crippen LogP contribution is -2.49.